The minimum Gasteiger partial charge on any atom is -0.311 e. The summed E-state index contributed by atoms with van der Waals surface area (Å²) in [4.78, 5) is 5.27. The van der Waals surface area contributed by atoms with Gasteiger partial charge in [-0.25, -0.2) is 0 Å². The number of anilines is 6. The average molecular weight is 802 g/mol. The Hall–Kier alpha value is -5.22. The molecule has 10 rings (SSSR count). The monoisotopic (exact) mass is 802 g/mol. The molecule has 3 nitrogen and oxygen atoms in total. The Morgan fingerprint density at radius 1 is 0.393 bits per heavy atom. The Morgan fingerprint density at radius 2 is 0.885 bits per heavy atom. The first-order chi connectivity index (χ1) is 28.3. The Bertz CT molecular complexity index is 3000. The van der Waals surface area contributed by atoms with Crippen molar-refractivity contribution < 1.29 is 0 Å². The highest BCUT2D eigenvalue weighted by molar-refractivity contribution is 7.00. The first kappa shape index (κ1) is 39.9. The van der Waals surface area contributed by atoms with Crippen LogP contribution in [0.3, 0.4) is 0 Å². The number of nitrogens with zero attached hydrogens (tertiary/aromatic N) is 3. The van der Waals surface area contributed by atoms with Gasteiger partial charge in [0.2, 0.25) is 0 Å². The highest BCUT2D eigenvalue weighted by Crippen LogP contribution is 2.54. The second kappa shape index (κ2) is 12.5. The van der Waals surface area contributed by atoms with Gasteiger partial charge in [0.05, 0.1) is 28.1 Å². The van der Waals surface area contributed by atoms with Crippen LogP contribution in [0.2, 0.25) is 0 Å². The van der Waals surface area contributed by atoms with Crippen LogP contribution in [0.4, 0.5) is 34.1 Å². The van der Waals surface area contributed by atoms with Crippen LogP contribution < -0.4 is 26.2 Å². The standard InChI is InChI=1S/C57H64BN3/c1-33-25-46-50-47(26-33)61-48-31-37(56(11,12)13)28-41-40-27-35(54(5,6)7)19-23-44(40)60(51(41)48)49-32-38(57(14,15)16)30-43(52(49)61)58(50)42-29-36(55(8,9)10)20-24-45(42)59(46)39-21-17-34(18-22-39)53(2,3)4/h17-32H,1-16H3. The largest absolute Gasteiger partial charge is 0.311 e. The Labute approximate surface area is 365 Å². The normalized spacial score (nSPS) is 14.8. The molecule has 0 bridgehead atoms. The summed E-state index contributed by atoms with van der Waals surface area (Å²) in [5.41, 5.74) is 23.7. The summed E-state index contributed by atoms with van der Waals surface area (Å²) in [5, 5.41) is 2.67. The van der Waals surface area contributed by atoms with Gasteiger partial charge >= 0.3 is 0 Å². The highest BCUT2D eigenvalue weighted by Gasteiger charge is 2.47. The fraction of sp³-hybridized carbons (Fsp3) is 0.368. The van der Waals surface area contributed by atoms with Gasteiger partial charge in [-0.15, -0.1) is 0 Å². The molecule has 0 N–H and O–H groups in total. The molecule has 310 valence electrons. The lowest BCUT2D eigenvalue weighted by Gasteiger charge is -2.47. The van der Waals surface area contributed by atoms with E-state index < -0.39 is 0 Å². The van der Waals surface area contributed by atoms with Crippen LogP contribution in [0.25, 0.3) is 27.5 Å². The number of rotatable bonds is 1. The lowest BCUT2D eigenvalue weighted by molar-refractivity contribution is 0.590. The van der Waals surface area contributed by atoms with Crippen molar-refractivity contribution >= 4 is 79.0 Å². The summed E-state index contributed by atoms with van der Waals surface area (Å²) < 4.78 is 2.64. The summed E-state index contributed by atoms with van der Waals surface area (Å²) in [6.07, 6.45) is 0. The second-order valence-corrected chi connectivity index (χ2v) is 23.8. The van der Waals surface area contributed by atoms with Crippen LogP contribution in [0, 0.1) is 6.92 Å². The predicted molar refractivity (Wildman–Crippen MR) is 267 cm³/mol. The zero-order valence-corrected chi connectivity index (χ0v) is 39.7. The lowest BCUT2D eigenvalue weighted by Crippen LogP contribution is -2.62. The Kier molecular flexibility index (Phi) is 8.15. The van der Waals surface area contributed by atoms with Gasteiger partial charge in [-0.2, -0.15) is 0 Å². The van der Waals surface area contributed by atoms with Crippen molar-refractivity contribution in [2.75, 3.05) is 9.80 Å². The fourth-order valence-corrected chi connectivity index (χ4v) is 10.4. The van der Waals surface area contributed by atoms with Gasteiger partial charge in [-0.1, -0.05) is 140 Å². The molecule has 0 amide bonds. The smallest absolute Gasteiger partial charge is 0.252 e. The quantitative estimate of drug-likeness (QED) is 0.153. The minimum absolute atomic E-state index is 0.0120. The summed E-state index contributed by atoms with van der Waals surface area (Å²) in [5.74, 6) is 0. The highest BCUT2D eigenvalue weighted by atomic mass is 15.2. The van der Waals surface area contributed by atoms with E-state index in [2.05, 4.69) is 222 Å². The first-order valence-electron chi connectivity index (χ1n) is 22.6. The maximum Gasteiger partial charge on any atom is 0.252 e. The molecule has 0 radical (unpaired) electrons. The van der Waals surface area contributed by atoms with Crippen LogP contribution in [-0.2, 0) is 27.1 Å². The zero-order chi connectivity index (χ0) is 43.7. The van der Waals surface area contributed by atoms with Crippen molar-refractivity contribution in [1.82, 2.24) is 4.57 Å². The van der Waals surface area contributed by atoms with E-state index in [-0.39, 0.29) is 33.8 Å². The van der Waals surface area contributed by atoms with Crippen LogP contribution in [0.1, 0.15) is 137 Å². The molecule has 4 heteroatoms. The summed E-state index contributed by atoms with van der Waals surface area (Å²) in [6, 6.07) is 39.1. The van der Waals surface area contributed by atoms with E-state index in [9.17, 15) is 0 Å². The summed E-state index contributed by atoms with van der Waals surface area (Å²) >= 11 is 0. The van der Waals surface area contributed by atoms with Crippen LogP contribution in [0.15, 0.2) is 97.1 Å². The van der Waals surface area contributed by atoms with E-state index >= 15 is 0 Å². The molecule has 0 saturated heterocycles. The van der Waals surface area contributed by atoms with Crippen LogP contribution in [0.5, 0.6) is 0 Å². The van der Waals surface area contributed by atoms with Crippen molar-refractivity contribution in [3.63, 3.8) is 0 Å². The third-order valence-corrected chi connectivity index (χ3v) is 14.1. The van der Waals surface area contributed by atoms with E-state index in [0.29, 0.717) is 0 Å². The lowest BCUT2D eigenvalue weighted by atomic mass is 9.33. The van der Waals surface area contributed by atoms with E-state index in [0.717, 1.165) is 0 Å². The number of aromatic nitrogens is 1. The Morgan fingerprint density at radius 3 is 1.49 bits per heavy atom. The summed E-state index contributed by atoms with van der Waals surface area (Å²) in [6.45, 7) is 37.5. The summed E-state index contributed by atoms with van der Waals surface area (Å²) in [7, 11) is 0. The number of hydrogen-bond acceptors (Lipinski definition) is 2. The van der Waals surface area contributed by atoms with Crippen molar-refractivity contribution in [2.24, 2.45) is 0 Å². The minimum atomic E-state index is -0.0732. The average Bonchev–Trinajstić information content (AvgIpc) is 3.49. The van der Waals surface area contributed by atoms with Crippen LogP contribution >= 0.6 is 0 Å². The van der Waals surface area contributed by atoms with Gasteiger partial charge < -0.3 is 14.4 Å². The van der Waals surface area contributed by atoms with Crippen molar-refractivity contribution in [2.45, 2.75) is 138 Å². The van der Waals surface area contributed by atoms with Gasteiger partial charge in [-0.05, 0) is 144 Å². The van der Waals surface area contributed by atoms with Crippen LogP contribution in [-0.4, -0.2) is 11.3 Å². The first-order valence-corrected chi connectivity index (χ1v) is 22.6. The van der Waals surface area contributed by atoms with Crippen molar-refractivity contribution in [3.05, 3.63) is 130 Å². The van der Waals surface area contributed by atoms with E-state index in [1.54, 1.807) is 0 Å². The van der Waals surface area contributed by atoms with Gasteiger partial charge in [0, 0.05) is 33.5 Å². The topological polar surface area (TPSA) is 11.4 Å². The maximum absolute atomic E-state index is 2.69. The molecule has 0 fully saturated rings. The molecule has 4 heterocycles. The molecule has 0 aliphatic carbocycles. The van der Waals surface area contributed by atoms with Gasteiger partial charge in [0.25, 0.3) is 6.71 Å². The third-order valence-electron chi connectivity index (χ3n) is 14.1. The second-order valence-electron chi connectivity index (χ2n) is 23.8. The van der Waals surface area contributed by atoms with Crippen molar-refractivity contribution in [1.29, 1.82) is 0 Å². The molecule has 0 spiro atoms. The zero-order valence-electron chi connectivity index (χ0n) is 39.7. The number of aryl methyl sites for hydroxylation is 1. The van der Waals surface area contributed by atoms with Gasteiger partial charge in [-0.3, -0.25) is 0 Å². The van der Waals surface area contributed by atoms with Gasteiger partial charge in [0.15, 0.2) is 0 Å². The molecule has 6 aromatic carbocycles. The fourth-order valence-electron chi connectivity index (χ4n) is 10.4. The SMILES string of the molecule is Cc1cc2c3c(c1)N1c4c(cc(C(C)(C)C)cc4-n4c5ccc(C(C)(C)C)cc5c5cc(C(C)(C)C)cc1c54)B3c1cc(C(C)(C)C)ccc1N2c1ccc(C(C)(C)C)cc1. The van der Waals surface area contributed by atoms with E-state index in [1.165, 1.54) is 111 Å². The molecule has 0 saturated carbocycles. The van der Waals surface area contributed by atoms with E-state index in [1.807, 2.05) is 0 Å². The molecule has 0 unspecified atom stereocenters. The predicted octanol–water partition coefficient (Wildman–Crippen LogP) is 14.0. The molecule has 1 aromatic heterocycles. The molecule has 0 atom stereocenters. The van der Waals surface area contributed by atoms with Gasteiger partial charge in [0.1, 0.15) is 0 Å². The number of benzene rings is 6. The van der Waals surface area contributed by atoms with Crippen molar-refractivity contribution in [3.8, 4) is 5.69 Å². The molecule has 7 aromatic rings. The number of hydrogen-bond donors (Lipinski definition) is 0. The number of fused-ring (bicyclic) bond motifs is 9. The molecular weight excluding hydrogens is 737 g/mol. The molecule has 3 aliphatic heterocycles. The molecule has 61 heavy (non-hydrogen) atoms. The molecule has 3 aliphatic rings. The third kappa shape index (κ3) is 5.90. The molecular formula is C57H64BN3. The maximum atomic E-state index is 2.69. The Balaban J connectivity index is 1.39. The van der Waals surface area contributed by atoms with E-state index in [4.69, 9.17) is 0 Å².